The molecule has 4 nitrogen and oxygen atoms in total. The predicted molar refractivity (Wildman–Crippen MR) is 78.1 cm³/mol. The Morgan fingerprint density at radius 3 is 2.70 bits per heavy atom. The fourth-order valence-electron chi connectivity index (χ4n) is 4.63. The van der Waals surface area contributed by atoms with Gasteiger partial charge < -0.3 is 9.80 Å². The smallest absolute Gasteiger partial charge is 0.246 e. The molecule has 4 rings (SSSR count). The van der Waals surface area contributed by atoms with Gasteiger partial charge in [0, 0.05) is 25.3 Å². The van der Waals surface area contributed by atoms with Gasteiger partial charge in [0.25, 0.3) is 0 Å². The molecule has 0 aromatic rings. The number of amides is 2. The molecule has 5 heteroatoms. The van der Waals surface area contributed by atoms with Crippen LogP contribution in [0.15, 0.2) is 0 Å². The zero-order valence-electron chi connectivity index (χ0n) is 12.0. The summed E-state index contributed by atoms with van der Waals surface area (Å²) in [6.45, 7) is 3.99. The number of likely N-dealkylation sites (tertiary alicyclic amines) is 1. The minimum atomic E-state index is -0.196. The first kappa shape index (κ1) is 13.0. The lowest BCUT2D eigenvalue weighted by atomic mass is 10.0. The van der Waals surface area contributed by atoms with Crippen molar-refractivity contribution in [1.29, 1.82) is 0 Å². The number of rotatable bonds is 1. The molecule has 0 aromatic carbocycles. The van der Waals surface area contributed by atoms with Crippen molar-refractivity contribution in [2.75, 3.05) is 18.8 Å². The van der Waals surface area contributed by atoms with Crippen molar-refractivity contribution in [2.24, 2.45) is 11.8 Å². The van der Waals surface area contributed by atoms with Crippen molar-refractivity contribution in [3.05, 3.63) is 0 Å². The number of nitrogens with zero attached hydrogens (tertiary/aromatic N) is 2. The Morgan fingerprint density at radius 1 is 1.30 bits per heavy atom. The van der Waals surface area contributed by atoms with Crippen LogP contribution in [-0.2, 0) is 9.59 Å². The zero-order chi connectivity index (χ0) is 13.9. The van der Waals surface area contributed by atoms with Crippen LogP contribution in [0.2, 0.25) is 0 Å². The maximum Gasteiger partial charge on any atom is 0.246 e. The van der Waals surface area contributed by atoms with Crippen LogP contribution in [0.3, 0.4) is 0 Å². The topological polar surface area (TPSA) is 40.6 Å². The molecule has 1 aliphatic carbocycles. The highest BCUT2D eigenvalue weighted by Gasteiger charge is 2.54. The number of carbonyl (C=O) groups excluding carboxylic acids is 2. The minimum Gasteiger partial charge on any atom is -0.340 e. The van der Waals surface area contributed by atoms with E-state index < -0.39 is 0 Å². The molecule has 1 saturated carbocycles. The Morgan fingerprint density at radius 2 is 2.00 bits per heavy atom. The second-order valence-corrected chi connectivity index (χ2v) is 8.46. The fourth-order valence-corrected chi connectivity index (χ4v) is 6.05. The molecule has 0 radical (unpaired) electrons. The summed E-state index contributed by atoms with van der Waals surface area (Å²) in [5.41, 5.74) is 0. The minimum absolute atomic E-state index is 0.118. The lowest BCUT2D eigenvalue weighted by Crippen LogP contribution is -2.51. The van der Waals surface area contributed by atoms with Crippen molar-refractivity contribution < 1.29 is 9.59 Å². The van der Waals surface area contributed by atoms with E-state index in [0.29, 0.717) is 6.42 Å². The van der Waals surface area contributed by atoms with Crippen LogP contribution >= 0.6 is 11.8 Å². The van der Waals surface area contributed by atoms with E-state index >= 15 is 0 Å². The molecule has 3 heterocycles. The first-order chi connectivity index (χ1) is 9.58. The van der Waals surface area contributed by atoms with Gasteiger partial charge in [-0.3, -0.25) is 9.59 Å². The quantitative estimate of drug-likeness (QED) is 0.739. The Kier molecular flexibility index (Phi) is 2.85. The van der Waals surface area contributed by atoms with Gasteiger partial charge in [-0.15, -0.1) is 11.8 Å². The van der Waals surface area contributed by atoms with E-state index in [9.17, 15) is 9.59 Å². The second kappa shape index (κ2) is 4.39. The molecule has 3 saturated heterocycles. The molecule has 4 fully saturated rings. The van der Waals surface area contributed by atoms with Crippen molar-refractivity contribution in [3.63, 3.8) is 0 Å². The molecule has 4 aliphatic rings. The van der Waals surface area contributed by atoms with E-state index in [0.717, 1.165) is 37.1 Å². The van der Waals surface area contributed by atoms with Gasteiger partial charge in [-0.2, -0.15) is 0 Å². The molecule has 0 N–H and O–H groups in total. The van der Waals surface area contributed by atoms with Gasteiger partial charge in [0.15, 0.2) is 0 Å². The van der Waals surface area contributed by atoms with Crippen LogP contribution in [0.4, 0.5) is 0 Å². The third kappa shape index (κ3) is 1.74. The Balaban J connectivity index is 1.51. The molecule has 3 aliphatic heterocycles. The number of fused-ring (bicyclic) bond motifs is 2. The summed E-state index contributed by atoms with van der Waals surface area (Å²) in [7, 11) is 0. The van der Waals surface area contributed by atoms with Gasteiger partial charge in [-0.05, 0) is 38.0 Å². The van der Waals surface area contributed by atoms with Crippen molar-refractivity contribution in [1.82, 2.24) is 9.80 Å². The van der Waals surface area contributed by atoms with Gasteiger partial charge in [-0.1, -0.05) is 6.42 Å². The highest BCUT2D eigenvalue weighted by atomic mass is 32.2. The van der Waals surface area contributed by atoms with Crippen molar-refractivity contribution in [3.8, 4) is 0 Å². The summed E-state index contributed by atoms with van der Waals surface area (Å²) < 4.78 is 0. The average Bonchev–Trinajstić information content (AvgIpc) is 3.10. The maximum absolute atomic E-state index is 12.8. The van der Waals surface area contributed by atoms with Gasteiger partial charge in [0.2, 0.25) is 11.8 Å². The number of carbonyl (C=O) groups is 2. The monoisotopic (exact) mass is 294 g/mol. The molecule has 4 atom stereocenters. The molecule has 0 bridgehead atoms. The first-order valence-electron chi connectivity index (χ1n) is 7.83. The Hall–Kier alpha value is -0.710. The third-order valence-electron chi connectivity index (χ3n) is 5.77. The summed E-state index contributed by atoms with van der Waals surface area (Å²) in [4.78, 5) is 28.8. The van der Waals surface area contributed by atoms with E-state index in [4.69, 9.17) is 0 Å². The molecular formula is C15H22N2O2S. The maximum atomic E-state index is 12.8. The van der Waals surface area contributed by atoms with E-state index in [2.05, 4.69) is 11.8 Å². The first-order valence-corrected chi connectivity index (χ1v) is 8.82. The lowest BCUT2D eigenvalue weighted by Gasteiger charge is -2.32. The molecule has 2 amide bonds. The van der Waals surface area contributed by atoms with E-state index in [-0.39, 0.29) is 22.7 Å². The van der Waals surface area contributed by atoms with Gasteiger partial charge in [-0.25, -0.2) is 0 Å². The van der Waals surface area contributed by atoms with Crippen LogP contribution in [0.25, 0.3) is 0 Å². The summed E-state index contributed by atoms with van der Waals surface area (Å²) in [5.74, 6) is 2.64. The zero-order valence-corrected chi connectivity index (χ0v) is 12.8. The largest absolute Gasteiger partial charge is 0.340 e. The molecule has 20 heavy (non-hydrogen) atoms. The normalized spacial score (nSPS) is 43.2. The SMILES string of the molecule is C[C@]12CCC(=O)N1[C@H](C(=O)N1C[C@@H]3CCC[C@H]3C1)CS2. The Bertz CT molecular complexity index is 457. The van der Waals surface area contributed by atoms with Crippen LogP contribution < -0.4 is 0 Å². The molecule has 0 spiro atoms. The van der Waals surface area contributed by atoms with Gasteiger partial charge in [0.1, 0.15) is 6.04 Å². The highest BCUT2D eigenvalue weighted by Crippen LogP contribution is 2.48. The number of hydrogen-bond donors (Lipinski definition) is 0. The van der Waals surface area contributed by atoms with Crippen molar-refractivity contribution in [2.45, 2.75) is 49.9 Å². The summed E-state index contributed by atoms with van der Waals surface area (Å²) in [5, 5.41) is 0. The molecule has 0 aromatic heterocycles. The number of thioether (sulfide) groups is 1. The third-order valence-corrected chi connectivity index (χ3v) is 7.27. The van der Waals surface area contributed by atoms with Crippen LogP contribution in [0.1, 0.15) is 39.0 Å². The fraction of sp³-hybridized carbons (Fsp3) is 0.867. The van der Waals surface area contributed by atoms with E-state index in [1.807, 2.05) is 4.90 Å². The van der Waals surface area contributed by atoms with Crippen LogP contribution in [0, 0.1) is 11.8 Å². The van der Waals surface area contributed by atoms with Gasteiger partial charge >= 0.3 is 0 Å². The average molecular weight is 294 g/mol. The van der Waals surface area contributed by atoms with Crippen LogP contribution in [-0.4, -0.2) is 51.4 Å². The lowest BCUT2D eigenvalue weighted by molar-refractivity contribution is -0.143. The second-order valence-electron chi connectivity index (χ2n) is 6.96. The van der Waals surface area contributed by atoms with Crippen LogP contribution in [0.5, 0.6) is 0 Å². The highest BCUT2D eigenvalue weighted by molar-refractivity contribution is 8.01. The standard InChI is InChI=1S/C15H22N2O2S/c1-15-6-5-13(18)17(15)12(9-20-15)14(19)16-7-10-3-2-4-11(10)8-16/h10-12H,2-9H2,1H3/t10-,11-,12-,15-/m0/s1. The van der Waals surface area contributed by atoms with Gasteiger partial charge in [0.05, 0.1) is 4.87 Å². The summed E-state index contributed by atoms with van der Waals surface area (Å²) in [6, 6.07) is -0.196. The molecular weight excluding hydrogens is 272 g/mol. The molecule has 110 valence electrons. The Labute approximate surface area is 124 Å². The molecule has 0 unspecified atom stereocenters. The van der Waals surface area contributed by atoms with E-state index in [1.165, 1.54) is 19.3 Å². The number of hydrogen-bond acceptors (Lipinski definition) is 3. The summed E-state index contributed by atoms with van der Waals surface area (Å²) in [6.07, 6.45) is 5.41. The van der Waals surface area contributed by atoms with E-state index in [1.54, 1.807) is 11.8 Å². The summed E-state index contributed by atoms with van der Waals surface area (Å²) >= 11 is 1.79. The van der Waals surface area contributed by atoms with Crippen molar-refractivity contribution >= 4 is 23.6 Å². The predicted octanol–water partition coefficient (Wildman–Crippen LogP) is 1.70.